The van der Waals surface area contributed by atoms with E-state index in [0.29, 0.717) is 23.7 Å². The summed E-state index contributed by atoms with van der Waals surface area (Å²) in [4.78, 5) is 10.3. The van der Waals surface area contributed by atoms with Crippen molar-refractivity contribution in [1.29, 1.82) is 0 Å². The van der Waals surface area contributed by atoms with E-state index in [9.17, 15) is 4.79 Å². The lowest BCUT2D eigenvalue weighted by molar-refractivity contribution is -0.107. The zero-order chi connectivity index (χ0) is 8.85. The lowest BCUT2D eigenvalue weighted by atomic mass is 10.2. The van der Waals surface area contributed by atoms with Gasteiger partial charge in [-0.2, -0.15) is 0 Å². The summed E-state index contributed by atoms with van der Waals surface area (Å²) >= 11 is 0. The van der Waals surface area contributed by atoms with Crippen LogP contribution in [0.1, 0.15) is 20.8 Å². The van der Waals surface area contributed by atoms with Gasteiger partial charge in [0, 0.05) is 0 Å². The van der Waals surface area contributed by atoms with Gasteiger partial charge in [0.25, 0.3) is 0 Å². The lowest BCUT2D eigenvalue weighted by Crippen LogP contribution is -1.93. The van der Waals surface area contributed by atoms with E-state index in [0.717, 1.165) is 0 Å². The molecule has 0 spiro atoms. The van der Waals surface area contributed by atoms with Crippen LogP contribution in [0.2, 0.25) is 0 Å². The van der Waals surface area contributed by atoms with Crippen LogP contribution in [0.5, 0.6) is 0 Å². The minimum atomic E-state index is 0.314. The Labute approximate surface area is 67.6 Å². The molecule has 0 aromatic rings. The fourth-order valence-corrected chi connectivity index (χ4v) is 0.627. The van der Waals surface area contributed by atoms with Gasteiger partial charge < -0.3 is 4.74 Å². The highest BCUT2D eigenvalue weighted by Gasteiger charge is 1.97. The average molecular weight is 154 g/mol. The first kappa shape index (κ1) is 9.95. The van der Waals surface area contributed by atoms with Gasteiger partial charge >= 0.3 is 0 Å². The summed E-state index contributed by atoms with van der Waals surface area (Å²) in [6.07, 6.45) is 2.44. The Morgan fingerprint density at radius 1 is 1.55 bits per heavy atom. The number of allylic oxidation sites excluding steroid dienone is 3. The third-order valence-electron chi connectivity index (χ3n) is 0.906. The van der Waals surface area contributed by atoms with E-state index in [1.807, 2.05) is 13.8 Å². The smallest absolute Gasteiger partial charge is 0.184 e. The van der Waals surface area contributed by atoms with Gasteiger partial charge in [0.05, 0.1) is 5.76 Å². The Morgan fingerprint density at radius 3 is 2.36 bits per heavy atom. The molecule has 0 saturated heterocycles. The van der Waals surface area contributed by atoms with Crippen molar-refractivity contribution < 1.29 is 9.53 Å². The van der Waals surface area contributed by atoms with Crippen molar-refractivity contribution in [3.05, 3.63) is 24.2 Å². The maximum Gasteiger partial charge on any atom is 0.184 e. The van der Waals surface area contributed by atoms with Crippen LogP contribution < -0.4 is 0 Å². The molecule has 0 radical (unpaired) electrons. The predicted octanol–water partition coefficient (Wildman–Crippen LogP) is 2.28. The standard InChI is InChI=1S/C9H14O2/c1-7(2)5-9(6-10)11-8(3)4/h5-7H,3H2,1-2,4H3/b9-5-. The van der Waals surface area contributed by atoms with Crippen molar-refractivity contribution in [2.75, 3.05) is 0 Å². The van der Waals surface area contributed by atoms with Gasteiger partial charge in [-0.05, 0) is 18.9 Å². The van der Waals surface area contributed by atoms with Crippen molar-refractivity contribution in [1.82, 2.24) is 0 Å². The Morgan fingerprint density at radius 2 is 2.09 bits per heavy atom. The van der Waals surface area contributed by atoms with Crippen molar-refractivity contribution in [2.45, 2.75) is 20.8 Å². The molecule has 62 valence electrons. The van der Waals surface area contributed by atoms with Crippen LogP contribution in [0.25, 0.3) is 0 Å². The van der Waals surface area contributed by atoms with Crippen molar-refractivity contribution in [3.8, 4) is 0 Å². The second-order valence-corrected chi connectivity index (χ2v) is 2.73. The fraction of sp³-hybridized carbons (Fsp3) is 0.444. The first-order chi connectivity index (χ1) is 5.06. The molecule has 0 saturated carbocycles. The molecule has 0 aromatic heterocycles. The number of aldehydes is 1. The highest BCUT2D eigenvalue weighted by atomic mass is 16.5. The zero-order valence-electron chi connectivity index (χ0n) is 7.26. The molecule has 0 rings (SSSR count). The molecule has 0 aromatic carbocycles. The van der Waals surface area contributed by atoms with Crippen LogP contribution in [0.3, 0.4) is 0 Å². The Hall–Kier alpha value is -1.05. The molecule has 2 nitrogen and oxygen atoms in total. The topological polar surface area (TPSA) is 26.3 Å². The molecule has 0 unspecified atom stereocenters. The zero-order valence-corrected chi connectivity index (χ0v) is 7.26. The molecular weight excluding hydrogens is 140 g/mol. The molecule has 0 bridgehead atoms. The van der Waals surface area contributed by atoms with E-state index < -0.39 is 0 Å². The number of carbonyl (C=O) groups excluding carboxylic acids is 1. The van der Waals surface area contributed by atoms with Gasteiger partial charge in [0.2, 0.25) is 0 Å². The lowest BCUT2D eigenvalue weighted by Gasteiger charge is -2.03. The van der Waals surface area contributed by atoms with Gasteiger partial charge in [0.15, 0.2) is 12.0 Å². The van der Waals surface area contributed by atoms with E-state index in [1.165, 1.54) is 0 Å². The van der Waals surface area contributed by atoms with Crippen molar-refractivity contribution in [2.24, 2.45) is 5.92 Å². The van der Waals surface area contributed by atoms with E-state index in [2.05, 4.69) is 6.58 Å². The molecule has 0 aliphatic heterocycles. The average Bonchev–Trinajstić information content (AvgIpc) is 1.84. The minimum absolute atomic E-state index is 0.314. The fourth-order valence-electron chi connectivity index (χ4n) is 0.627. The molecule has 0 aliphatic carbocycles. The summed E-state index contributed by atoms with van der Waals surface area (Å²) in [7, 11) is 0. The van der Waals surface area contributed by atoms with Crippen LogP contribution >= 0.6 is 0 Å². The van der Waals surface area contributed by atoms with Gasteiger partial charge in [-0.1, -0.05) is 20.4 Å². The predicted molar refractivity (Wildman–Crippen MR) is 44.9 cm³/mol. The van der Waals surface area contributed by atoms with E-state index in [4.69, 9.17) is 4.74 Å². The Balaban J connectivity index is 4.16. The van der Waals surface area contributed by atoms with Gasteiger partial charge in [-0.25, -0.2) is 0 Å². The summed E-state index contributed by atoms with van der Waals surface area (Å²) in [5.74, 6) is 1.19. The normalized spacial score (nSPS) is 11.5. The van der Waals surface area contributed by atoms with Gasteiger partial charge in [0.1, 0.15) is 0 Å². The number of carbonyl (C=O) groups is 1. The molecule has 0 amide bonds. The third kappa shape index (κ3) is 5.40. The Kier molecular flexibility index (Phi) is 4.27. The van der Waals surface area contributed by atoms with E-state index >= 15 is 0 Å². The van der Waals surface area contributed by atoms with Crippen molar-refractivity contribution in [3.63, 3.8) is 0 Å². The summed E-state index contributed by atoms with van der Waals surface area (Å²) in [6, 6.07) is 0. The van der Waals surface area contributed by atoms with Crippen LogP contribution in [0, 0.1) is 5.92 Å². The maximum absolute atomic E-state index is 10.3. The highest BCUT2D eigenvalue weighted by Crippen LogP contribution is 2.05. The quantitative estimate of drug-likeness (QED) is 0.353. The van der Waals surface area contributed by atoms with Crippen LogP contribution in [0.15, 0.2) is 24.2 Å². The molecular formula is C9H14O2. The molecule has 0 aliphatic rings. The van der Waals surface area contributed by atoms with Crippen LogP contribution in [0.4, 0.5) is 0 Å². The second kappa shape index (κ2) is 4.72. The highest BCUT2D eigenvalue weighted by molar-refractivity contribution is 5.70. The molecule has 11 heavy (non-hydrogen) atoms. The van der Waals surface area contributed by atoms with Crippen LogP contribution in [-0.2, 0) is 9.53 Å². The number of hydrogen-bond acceptors (Lipinski definition) is 2. The summed E-state index contributed by atoms with van der Waals surface area (Å²) in [6.45, 7) is 9.19. The number of ether oxygens (including phenoxy) is 1. The van der Waals surface area contributed by atoms with E-state index in [-0.39, 0.29) is 0 Å². The monoisotopic (exact) mass is 154 g/mol. The van der Waals surface area contributed by atoms with Crippen molar-refractivity contribution >= 4 is 6.29 Å². The number of hydrogen-bond donors (Lipinski definition) is 0. The molecule has 0 fully saturated rings. The second-order valence-electron chi connectivity index (χ2n) is 2.73. The van der Waals surface area contributed by atoms with Crippen LogP contribution in [-0.4, -0.2) is 6.29 Å². The first-order valence-corrected chi connectivity index (χ1v) is 3.56. The third-order valence-corrected chi connectivity index (χ3v) is 0.906. The maximum atomic E-state index is 10.3. The largest absolute Gasteiger partial charge is 0.460 e. The summed E-state index contributed by atoms with van der Waals surface area (Å²) in [5.41, 5.74) is 0. The molecule has 0 N–H and O–H groups in total. The molecule has 2 heteroatoms. The van der Waals surface area contributed by atoms with Gasteiger partial charge in [-0.15, -0.1) is 0 Å². The minimum Gasteiger partial charge on any atom is -0.460 e. The first-order valence-electron chi connectivity index (χ1n) is 3.56. The Bertz CT molecular complexity index is 178. The molecule has 0 atom stereocenters. The SMILES string of the molecule is C=C(C)O/C(C=O)=C\C(C)C. The number of rotatable bonds is 4. The summed E-state index contributed by atoms with van der Waals surface area (Å²) in [5, 5.41) is 0. The molecule has 0 heterocycles. The van der Waals surface area contributed by atoms with Gasteiger partial charge in [-0.3, -0.25) is 4.79 Å². The summed E-state index contributed by atoms with van der Waals surface area (Å²) < 4.78 is 5.01. The van der Waals surface area contributed by atoms with E-state index in [1.54, 1.807) is 13.0 Å².